The van der Waals surface area contributed by atoms with E-state index in [0.717, 1.165) is 0 Å². The second kappa shape index (κ2) is 8.34. The van der Waals surface area contributed by atoms with Crippen LogP contribution in [0.2, 0.25) is 10.0 Å². The molecule has 4 rings (SSSR count). The SMILES string of the molecule is CC(Oc1ccc(Cl)cc1Cl)C(=O)Nc1ccc2oc(-c3ccc(F)cc3)nc2c1. The van der Waals surface area contributed by atoms with Crippen LogP contribution < -0.4 is 10.1 Å². The number of amides is 1. The van der Waals surface area contributed by atoms with Crippen molar-refractivity contribution in [2.45, 2.75) is 13.0 Å². The van der Waals surface area contributed by atoms with Gasteiger partial charge in [0, 0.05) is 16.3 Å². The Labute approximate surface area is 181 Å². The molecule has 1 N–H and O–H groups in total. The lowest BCUT2D eigenvalue weighted by molar-refractivity contribution is -0.122. The summed E-state index contributed by atoms with van der Waals surface area (Å²) in [6.45, 7) is 1.61. The second-order valence-corrected chi connectivity index (χ2v) is 7.38. The standard InChI is InChI=1S/C22H15Cl2FN2O3/c1-12(29-19-8-4-14(23)10-17(19)24)21(28)26-16-7-9-20-18(11-16)27-22(30-20)13-2-5-15(25)6-3-13/h2-12H,1H3,(H,26,28). The van der Waals surface area contributed by atoms with Gasteiger partial charge in [0.25, 0.3) is 5.91 Å². The number of carbonyl (C=O) groups is 1. The number of oxazole rings is 1. The molecular formula is C22H15Cl2FN2O3. The number of anilines is 1. The van der Waals surface area contributed by atoms with Crippen molar-refractivity contribution in [2.24, 2.45) is 0 Å². The predicted octanol–water partition coefficient (Wildman–Crippen LogP) is 6.35. The van der Waals surface area contributed by atoms with Crippen LogP contribution >= 0.6 is 23.2 Å². The molecule has 30 heavy (non-hydrogen) atoms. The first-order chi connectivity index (χ1) is 14.4. The Bertz CT molecular complexity index is 1230. The Hall–Kier alpha value is -3.09. The van der Waals surface area contributed by atoms with Crippen LogP contribution in [0.25, 0.3) is 22.6 Å². The molecule has 0 aliphatic carbocycles. The number of benzene rings is 3. The fraction of sp³-hybridized carbons (Fsp3) is 0.0909. The van der Waals surface area contributed by atoms with E-state index in [-0.39, 0.29) is 11.7 Å². The molecule has 8 heteroatoms. The molecule has 1 atom stereocenters. The molecule has 0 radical (unpaired) electrons. The fourth-order valence-electron chi connectivity index (χ4n) is 2.78. The average molecular weight is 445 g/mol. The van der Waals surface area contributed by atoms with E-state index >= 15 is 0 Å². The van der Waals surface area contributed by atoms with Crippen molar-refractivity contribution in [3.05, 3.63) is 76.5 Å². The molecule has 1 amide bonds. The van der Waals surface area contributed by atoms with E-state index in [0.29, 0.717) is 44.0 Å². The molecular weight excluding hydrogens is 430 g/mol. The number of nitrogens with one attached hydrogen (secondary N) is 1. The second-order valence-electron chi connectivity index (χ2n) is 6.53. The zero-order valence-electron chi connectivity index (χ0n) is 15.7. The normalized spacial score (nSPS) is 12.0. The third-order valence-electron chi connectivity index (χ3n) is 4.31. The molecule has 0 saturated carbocycles. The lowest BCUT2D eigenvalue weighted by Gasteiger charge is -2.15. The monoisotopic (exact) mass is 444 g/mol. The van der Waals surface area contributed by atoms with Crippen molar-refractivity contribution < 1.29 is 18.3 Å². The maximum atomic E-state index is 13.1. The zero-order chi connectivity index (χ0) is 21.3. The summed E-state index contributed by atoms with van der Waals surface area (Å²) in [6, 6.07) is 15.7. The maximum Gasteiger partial charge on any atom is 0.265 e. The largest absolute Gasteiger partial charge is 0.479 e. The van der Waals surface area contributed by atoms with Gasteiger partial charge in [-0.05, 0) is 67.6 Å². The quantitative estimate of drug-likeness (QED) is 0.389. The van der Waals surface area contributed by atoms with Gasteiger partial charge in [0.1, 0.15) is 17.1 Å². The number of nitrogens with zero attached hydrogens (tertiary/aromatic N) is 1. The molecule has 1 unspecified atom stereocenters. The van der Waals surface area contributed by atoms with Gasteiger partial charge in [-0.25, -0.2) is 9.37 Å². The van der Waals surface area contributed by atoms with E-state index in [9.17, 15) is 9.18 Å². The van der Waals surface area contributed by atoms with Crippen LogP contribution in [0, 0.1) is 5.82 Å². The Morgan fingerprint density at radius 1 is 1.10 bits per heavy atom. The molecule has 1 aromatic heterocycles. The molecule has 0 bridgehead atoms. The van der Waals surface area contributed by atoms with E-state index in [1.807, 2.05) is 0 Å². The van der Waals surface area contributed by atoms with E-state index in [2.05, 4.69) is 10.3 Å². The number of fused-ring (bicyclic) bond motifs is 1. The lowest BCUT2D eigenvalue weighted by atomic mass is 10.2. The van der Waals surface area contributed by atoms with Crippen molar-refractivity contribution in [3.8, 4) is 17.2 Å². The molecule has 0 spiro atoms. The highest BCUT2D eigenvalue weighted by atomic mass is 35.5. The van der Waals surface area contributed by atoms with E-state index in [1.165, 1.54) is 12.1 Å². The van der Waals surface area contributed by atoms with Crippen LogP contribution in [0.4, 0.5) is 10.1 Å². The Kier molecular flexibility index (Phi) is 5.61. The summed E-state index contributed by atoms with van der Waals surface area (Å²) < 4.78 is 24.4. The van der Waals surface area contributed by atoms with Gasteiger partial charge in [-0.15, -0.1) is 0 Å². The van der Waals surface area contributed by atoms with Crippen LogP contribution in [0.1, 0.15) is 6.92 Å². The van der Waals surface area contributed by atoms with Gasteiger partial charge in [0.2, 0.25) is 5.89 Å². The highest BCUT2D eigenvalue weighted by Crippen LogP contribution is 2.29. The summed E-state index contributed by atoms with van der Waals surface area (Å²) in [7, 11) is 0. The number of halogens is 3. The van der Waals surface area contributed by atoms with Crippen LogP contribution in [0.5, 0.6) is 5.75 Å². The van der Waals surface area contributed by atoms with E-state index in [4.69, 9.17) is 32.4 Å². The summed E-state index contributed by atoms with van der Waals surface area (Å²) in [5.74, 6) is 0.0286. The number of hydrogen-bond acceptors (Lipinski definition) is 4. The predicted molar refractivity (Wildman–Crippen MR) is 115 cm³/mol. The first kappa shape index (κ1) is 20.2. The third-order valence-corrected chi connectivity index (χ3v) is 4.84. The van der Waals surface area contributed by atoms with Gasteiger partial charge in [0.15, 0.2) is 11.7 Å². The zero-order valence-corrected chi connectivity index (χ0v) is 17.2. The van der Waals surface area contributed by atoms with Gasteiger partial charge in [-0.1, -0.05) is 23.2 Å². The van der Waals surface area contributed by atoms with Gasteiger partial charge in [-0.2, -0.15) is 0 Å². The maximum absolute atomic E-state index is 13.1. The number of carbonyl (C=O) groups excluding carboxylic acids is 1. The Morgan fingerprint density at radius 2 is 1.87 bits per heavy atom. The minimum Gasteiger partial charge on any atom is -0.479 e. The molecule has 0 fully saturated rings. The van der Waals surface area contributed by atoms with Gasteiger partial charge >= 0.3 is 0 Å². The van der Waals surface area contributed by atoms with Crippen LogP contribution in [-0.2, 0) is 4.79 Å². The third kappa shape index (κ3) is 4.40. The average Bonchev–Trinajstić information content (AvgIpc) is 3.14. The summed E-state index contributed by atoms with van der Waals surface area (Å²) in [6.07, 6.45) is -0.800. The fourth-order valence-corrected chi connectivity index (χ4v) is 3.23. The van der Waals surface area contributed by atoms with E-state index < -0.39 is 6.10 Å². The summed E-state index contributed by atoms with van der Waals surface area (Å²) in [5.41, 5.74) is 2.29. The van der Waals surface area contributed by atoms with Gasteiger partial charge < -0.3 is 14.5 Å². The summed E-state index contributed by atoms with van der Waals surface area (Å²) >= 11 is 12.0. The van der Waals surface area contributed by atoms with Crippen molar-refractivity contribution in [2.75, 3.05) is 5.32 Å². The van der Waals surface area contributed by atoms with Crippen LogP contribution in [0.15, 0.2) is 65.1 Å². The van der Waals surface area contributed by atoms with Gasteiger partial charge in [0.05, 0.1) is 5.02 Å². The highest BCUT2D eigenvalue weighted by Gasteiger charge is 2.17. The molecule has 0 aliphatic rings. The Morgan fingerprint density at radius 3 is 2.60 bits per heavy atom. The van der Waals surface area contributed by atoms with Crippen molar-refractivity contribution in [1.82, 2.24) is 4.98 Å². The van der Waals surface area contributed by atoms with Crippen LogP contribution in [0.3, 0.4) is 0 Å². The molecule has 0 aliphatic heterocycles. The lowest BCUT2D eigenvalue weighted by Crippen LogP contribution is -2.30. The van der Waals surface area contributed by atoms with Crippen molar-refractivity contribution in [3.63, 3.8) is 0 Å². The van der Waals surface area contributed by atoms with E-state index in [1.54, 1.807) is 55.5 Å². The number of rotatable bonds is 5. The summed E-state index contributed by atoms with van der Waals surface area (Å²) in [4.78, 5) is 16.9. The Balaban J connectivity index is 1.49. The minimum atomic E-state index is -0.800. The summed E-state index contributed by atoms with van der Waals surface area (Å²) in [5, 5.41) is 3.57. The molecule has 0 saturated heterocycles. The molecule has 1 heterocycles. The highest BCUT2D eigenvalue weighted by molar-refractivity contribution is 6.35. The minimum absolute atomic E-state index is 0.319. The molecule has 5 nitrogen and oxygen atoms in total. The molecule has 152 valence electrons. The first-order valence-electron chi connectivity index (χ1n) is 8.98. The first-order valence-corrected chi connectivity index (χ1v) is 9.74. The molecule has 4 aromatic rings. The number of aromatic nitrogens is 1. The van der Waals surface area contributed by atoms with Crippen molar-refractivity contribution >= 4 is 45.9 Å². The van der Waals surface area contributed by atoms with Gasteiger partial charge in [-0.3, -0.25) is 4.79 Å². The molecule has 3 aromatic carbocycles. The number of ether oxygens (including phenoxy) is 1. The van der Waals surface area contributed by atoms with Crippen LogP contribution in [-0.4, -0.2) is 17.0 Å². The topological polar surface area (TPSA) is 64.4 Å². The smallest absolute Gasteiger partial charge is 0.265 e. The number of hydrogen-bond donors (Lipinski definition) is 1. The van der Waals surface area contributed by atoms with Crippen molar-refractivity contribution in [1.29, 1.82) is 0 Å².